The molecule has 0 unspecified atom stereocenters. The normalized spacial score (nSPS) is 10.6. The minimum Gasteiger partial charge on any atom is -0.486 e. The van der Waals surface area contributed by atoms with E-state index in [0.29, 0.717) is 40.1 Å². The zero-order valence-electron chi connectivity index (χ0n) is 17.7. The third-order valence-electron chi connectivity index (χ3n) is 4.71. The van der Waals surface area contributed by atoms with Crippen LogP contribution in [0.5, 0.6) is 5.75 Å². The smallest absolute Gasteiger partial charge is 0.291 e. The van der Waals surface area contributed by atoms with E-state index >= 15 is 0 Å². The van der Waals surface area contributed by atoms with Gasteiger partial charge < -0.3 is 19.8 Å². The molecule has 0 spiro atoms. The predicted molar refractivity (Wildman–Crippen MR) is 125 cm³/mol. The summed E-state index contributed by atoms with van der Waals surface area (Å²) in [7, 11) is 0. The number of amides is 2. The van der Waals surface area contributed by atoms with Crippen LogP contribution in [0.2, 0.25) is 5.02 Å². The molecular formula is C24H21ClN4O4. The van der Waals surface area contributed by atoms with E-state index in [0.717, 1.165) is 0 Å². The van der Waals surface area contributed by atoms with E-state index in [9.17, 15) is 9.59 Å². The highest BCUT2D eigenvalue weighted by molar-refractivity contribution is 6.30. The van der Waals surface area contributed by atoms with Crippen molar-refractivity contribution in [2.24, 2.45) is 0 Å². The molecule has 168 valence electrons. The highest BCUT2D eigenvalue weighted by atomic mass is 35.5. The second-order valence-electron chi connectivity index (χ2n) is 7.03. The molecule has 0 radical (unpaired) electrons. The van der Waals surface area contributed by atoms with E-state index in [1.807, 2.05) is 6.92 Å². The SMILES string of the molecule is CCn1nccc1C(=O)Nc1cccc(NC(=O)c2ccc(COc3ccc(Cl)cc3)o2)c1. The number of rotatable bonds is 8. The lowest BCUT2D eigenvalue weighted by Gasteiger charge is -2.09. The van der Waals surface area contributed by atoms with Gasteiger partial charge in [-0.1, -0.05) is 17.7 Å². The van der Waals surface area contributed by atoms with Gasteiger partial charge in [0.25, 0.3) is 11.8 Å². The summed E-state index contributed by atoms with van der Waals surface area (Å²) in [5.41, 5.74) is 1.51. The Kier molecular flexibility index (Phi) is 6.75. The average Bonchev–Trinajstić information content (AvgIpc) is 3.49. The third kappa shape index (κ3) is 5.61. The second kappa shape index (κ2) is 10.1. The van der Waals surface area contributed by atoms with Crippen molar-refractivity contribution >= 4 is 34.8 Å². The summed E-state index contributed by atoms with van der Waals surface area (Å²) in [6.45, 7) is 2.66. The fourth-order valence-electron chi connectivity index (χ4n) is 3.10. The first-order valence-corrected chi connectivity index (χ1v) is 10.6. The van der Waals surface area contributed by atoms with Gasteiger partial charge in [0.1, 0.15) is 23.8 Å². The summed E-state index contributed by atoms with van der Waals surface area (Å²) in [4.78, 5) is 25.1. The number of nitrogens with zero attached hydrogens (tertiary/aromatic N) is 2. The van der Waals surface area contributed by atoms with Crippen LogP contribution in [0.3, 0.4) is 0 Å². The van der Waals surface area contributed by atoms with Crippen molar-refractivity contribution in [1.29, 1.82) is 0 Å². The Morgan fingerprint density at radius 1 is 1.00 bits per heavy atom. The number of ether oxygens (including phenoxy) is 1. The van der Waals surface area contributed by atoms with Crippen molar-refractivity contribution in [3.8, 4) is 5.75 Å². The van der Waals surface area contributed by atoms with E-state index < -0.39 is 5.91 Å². The van der Waals surface area contributed by atoms with Crippen LogP contribution in [0.4, 0.5) is 11.4 Å². The number of hydrogen-bond acceptors (Lipinski definition) is 5. The fourth-order valence-corrected chi connectivity index (χ4v) is 3.23. The molecule has 8 nitrogen and oxygen atoms in total. The maximum atomic E-state index is 12.6. The van der Waals surface area contributed by atoms with Crippen LogP contribution in [0.1, 0.15) is 33.7 Å². The number of aromatic nitrogens is 2. The number of hydrogen-bond donors (Lipinski definition) is 2. The number of benzene rings is 2. The Labute approximate surface area is 195 Å². The summed E-state index contributed by atoms with van der Waals surface area (Å²) < 4.78 is 12.8. The van der Waals surface area contributed by atoms with E-state index in [1.54, 1.807) is 77.6 Å². The fraction of sp³-hybridized carbons (Fsp3) is 0.125. The van der Waals surface area contributed by atoms with Gasteiger partial charge in [-0.25, -0.2) is 0 Å². The third-order valence-corrected chi connectivity index (χ3v) is 4.96. The number of carbonyl (C=O) groups excluding carboxylic acids is 2. The number of carbonyl (C=O) groups is 2. The Bertz CT molecular complexity index is 1260. The van der Waals surface area contributed by atoms with Crippen molar-refractivity contribution in [1.82, 2.24) is 9.78 Å². The Balaban J connectivity index is 1.36. The van der Waals surface area contributed by atoms with Crippen LogP contribution >= 0.6 is 11.6 Å². The lowest BCUT2D eigenvalue weighted by Crippen LogP contribution is -2.17. The number of anilines is 2. The molecule has 0 saturated carbocycles. The van der Waals surface area contributed by atoms with Gasteiger partial charge in [-0.3, -0.25) is 14.3 Å². The molecule has 0 aliphatic carbocycles. The van der Waals surface area contributed by atoms with Gasteiger partial charge in [-0.2, -0.15) is 5.10 Å². The molecule has 2 aromatic heterocycles. The topological polar surface area (TPSA) is 98.4 Å². The zero-order chi connectivity index (χ0) is 23.2. The van der Waals surface area contributed by atoms with E-state index in [2.05, 4.69) is 15.7 Å². The van der Waals surface area contributed by atoms with Gasteiger partial charge in [-0.05, 0) is 67.6 Å². The summed E-state index contributed by atoms with van der Waals surface area (Å²) in [6, 6.07) is 18.7. The molecule has 9 heteroatoms. The first kappa shape index (κ1) is 22.2. The Hall–Kier alpha value is -4.04. The quantitative estimate of drug-likeness (QED) is 0.372. The standard InChI is InChI=1S/C24H21ClN4O4/c1-2-29-21(12-13-26-29)23(30)27-17-4-3-5-18(14-17)28-24(31)22-11-10-20(33-22)15-32-19-8-6-16(25)7-9-19/h3-14H,2,15H2,1H3,(H,27,30)(H,28,31). The number of furan rings is 1. The van der Waals surface area contributed by atoms with Crippen molar-refractivity contribution in [3.05, 3.63) is 95.2 Å². The Morgan fingerprint density at radius 3 is 2.45 bits per heavy atom. The largest absolute Gasteiger partial charge is 0.486 e. The highest BCUT2D eigenvalue weighted by Crippen LogP contribution is 2.20. The van der Waals surface area contributed by atoms with Gasteiger partial charge in [0.2, 0.25) is 0 Å². The van der Waals surface area contributed by atoms with E-state index in [1.165, 1.54) is 0 Å². The molecule has 0 atom stereocenters. The molecule has 4 aromatic rings. The van der Waals surface area contributed by atoms with Crippen LogP contribution in [-0.2, 0) is 13.2 Å². The van der Waals surface area contributed by atoms with Crippen molar-refractivity contribution < 1.29 is 18.7 Å². The van der Waals surface area contributed by atoms with Crippen molar-refractivity contribution in [2.45, 2.75) is 20.1 Å². The minimum absolute atomic E-state index is 0.144. The highest BCUT2D eigenvalue weighted by Gasteiger charge is 2.14. The number of halogens is 1. The van der Waals surface area contributed by atoms with Crippen molar-refractivity contribution in [3.63, 3.8) is 0 Å². The van der Waals surface area contributed by atoms with Gasteiger partial charge in [0, 0.05) is 29.1 Å². The Morgan fingerprint density at radius 2 is 1.73 bits per heavy atom. The molecule has 33 heavy (non-hydrogen) atoms. The van der Waals surface area contributed by atoms with Gasteiger partial charge in [0.05, 0.1) is 0 Å². The maximum Gasteiger partial charge on any atom is 0.291 e. The second-order valence-corrected chi connectivity index (χ2v) is 7.47. The van der Waals surface area contributed by atoms with E-state index in [-0.39, 0.29) is 18.3 Å². The number of nitrogens with one attached hydrogen (secondary N) is 2. The molecule has 0 bridgehead atoms. The molecule has 2 amide bonds. The molecule has 0 fully saturated rings. The summed E-state index contributed by atoms with van der Waals surface area (Å²) in [5, 5.41) is 10.3. The van der Waals surface area contributed by atoms with Gasteiger partial charge in [0.15, 0.2) is 5.76 Å². The molecule has 4 rings (SSSR count). The molecule has 2 aromatic carbocycles. The lowest BCUT2D eigenvalue weighted by molar-refractivity contribution is 0.0990. The molecule has 2 heterocycles. The van der Waals surface area contributed by atoms with Crippen LogP contribution in [0.15, 0.2) is 77.3 Å². The first-order chi connectivity index (χ1) is 16.0. The summed E-state index contributed by atoms with van der Waals surface area (Å²) >= 11 is 5.86. The predicted octanol–water partition coefficient (Wildman–Crippen LogP) is 5.23. The first-order valence-electron chi connectivity index (χ1n) is 10.2. The summed E-state index contributed by atoms with van der Waals surface area (Å²) in [5.74, 6) is 0.590. The molecular weight excluding hydrogens is 444 g/mol. The molecule has 0 saturated heterocycles. The monoisotopic (exact) mass is 464 g/mol. The average molecular weight is 465 g/mol. The summed E-state index contributed by atoms with van der Waals surface area (Å²) in [6.07, 6.45) is 1.58. The van der Waals surface area contributed by atoms with E-state index in [4.69, 9.17) is 20.8 Å². The van der Waals surface area contributed by atoms with Gasteiger partial charge >= 0.3 is 0 Å². The van der Waals surface area contributed by atoms with Crippen LogP contribution < -0.4 is 15.4 Å². The minimum atomic E-state index is -0.416. The van der Waals surface area contributed by atoms with Crippen LogP contribution in [0, 0.1) is 0 Å². The maximum absolute atomic E-state index is 12.6. The van der Waals surface area contributed by atoms with Crippen molar-refractivity contribution in [2.75, 3.05) is 10.6 Å². The van der Waals surface area contributed by atoms with Crippen LogP contribution in [-0.4, -0.2) is 21.6 Å². The lowest BCUT2D eigenvalue weighted by atomic mass is 10.2. The molecule has 0 aliphatic heterocycles. The zero-order valence-corrected chi connectivity index (χ0v) is 18.5. The van der Waals surface area contributed by atoms with Crippen LogP contribution in [0.25, 0.3) is 0 Å². The molecule has 2 N–H and O–H groups in total. The van der Waals surface area contributed by atoms with Gasteiger partial charge in [-0.15, -0.1) is 0 Å². The molecule has 0 aliphatic rings. The number of aryl methyl sites for hydroxylation is 1.